The van der Waals surface area contributed by atoms with Crippen molar-refractivity contribution in [3.05, 3.63) is 71.8 Å². The smallest absolute Gasteiger partial charge is 0.328 e. The molecule has 7 N–H and O–H groups in total. The number of benzene rings is 2. The Morgan fingerprint density at radius 2 is 1.61 bits per heavy atom. The maximum atomic E-state index is 14.1. The molecular formula is C31H42N5O7S. The summed E-state index contributed by atoms with van der Waals surface area (Å²) < 4.78 is 5.94. The van der Waals surface area contributed by atoms with Crippen LogP contribution in [0.25, 0.3) is 0 Å². The van der Waals surface area contributed by atoms with Gasteiger partial charge in [-0.2, -0.15) is 11.8 Å². The van der Waals surface area contributed by atoms with E-state index in [2.05, 4.69) is 10.7 Å². The zero-order valence-corrected chi connectivity index (χ0v) is 26.0. The van der Waals surface area contributed by atoms with Gasteiger partial charge < -0.3 is 26.6 Å². The van der Waals surface area contributed by atoms with E-state index in [1.807, 2.05) is 67.6 Å². The van der Waals surface area contributed by atoms with Crippen LogP contribution in [0.4, 0.5) is 0 Å². The lowest BCUT2D eigenvalue weighted by Gasteiger charge is -2.36. The van der Waals surface area contributed by atoms with Crippen LogP contribution in [-0.4, -0.2) is 76.1 Å². The Morgan fingerprint density at radius 1 is 1.02 bits per heavy atom. The van der Waals surface area contributed by atoms with Crippen LogP contribution in [0.1, 0.15) is 44.7 Å². The molecule has 0 saturated carbocycles. The highest BCUT2D eigenvalue weighted by Crippen LogP contribution is 2.16. The Hall–Kier alpha value is -3.78. The normalized spacial score (nSPS) is 15.2. The molecule has 2 rings (SSSR count). The fourth-order valence-corrected chi connectivity index (χ4v) is 5.04. The van der Waals surface area contributed by atoms with Crippen LogP contribution < -0.4 is 22.2 Å². The molecule has 1 radical (unpaired) electrons. The number of carboxylic acid groups (broad SMARTS) is 1. The molecule has 13 heteroatoms. The molecule has 2 aromatic carbocycles. The Morgan fingerprint density at radius 3 is 2.14 bits per heavy atom. The predicted molar refractivity (Wildman–Crippen MR) is 167 cm³/mol. The van der Waals surface area contributed by atoms with Crippen molar-refractivity contribution in [1.82, 2.24) is 15.8 Å². The lowest BCUT2D eigenvalue weighted by Crippen LogP contribution is -2.65. The van der Waals surface area contributed by atoms with Gasteiger partial charge in [0.2, 0.25) is 18.1 Å². The molecule has 0 bridgehead atoms. The number of nitrogens with two attached hydrogens (primary N) is 2. The van der Waals surface area contributed by atoms with Crippen LogP contribution >= 0.6 is 11.8 Å². The first-order valence-corrected chi connectivity index (χ1v) is 15.4. The van der Waals surface area contributed by atoms with E-state index in [1.54, 1.807) is 20.1 Å². The van der Waals surface area contributed by atoms with Gasteiger partial charge in [-0.05, 0) is 24.0 Å². The van der Waals surface area contributed by atoms with E-state index in [0.29, 0.717) is 17.2 Å². The van der Waals surface area contributed by atoms with Crippen molar-refractivity contribution in [2.24, 2.45) is 17.4 Å². The van der Waals surface area contributed by atoms with Gasteiger partial charge in [0, 0.05) is 11.5 Å². The van der Waals surface area contributed by atoms with E-state index in [9.17, 15) is 29.1 Å². The van der Waals surface area contributed by atoms with Crippen molar-refractivity contribution in [3.63, 3.8) is 0 Å². The molecule has 239 valence electrons. The summed E-state index contributed by atoms with van der Waals surface area (Å²) in [6, 6.07) is 13.2. The average Bonchev–Trinajstić information content (AvgIpc) is 3.02. The first-order chi connectivity index (χ1) is 21.0. The Kier molecular flexibility index (Phi) is 15.5. The summed E-state index contributed by atoms with van der Waals surface area (Å²) in [7, 11) is 0. The van der Waals surface area contributed by atoms with Crippen molar-refractivity contribution in [3.8, 4) is 0 Å². The van der Waals surface area contributed by atoms with Gasteiger partial charge in [-0.1, -0.05) is 80.9 Å². The number of primary amides is 1. The number of carboxylic acids is 1. The number of amides is 3. The van der Waals surface area contributed by atoms with E-state index < -0.39 is 60.4 Å². The number of rotatable bonds is 20. The highest BCUT2D eigenvalue weighted by atomic mass is 32.2. The molecule has 0 spiro atoms. The molecule has 0 aliphatic carbocycles. The molecule has 12 nitrogen and oxygen atoms in total. The number of nitrogens with one attached hydrogen (secondary N) is 2. The number of carbonyl (C=O) groups is 4. The highest BCUT2D eigenvalue weighted by molar-refractivity contribution is 7.98. The third-order valence-electron chi connectivity index (χ3n) is 7.01. The van der Waals surface area contributed by atoms with Gasteiger partial charge in [0.25, 0.3) is 5.91 Å². The largest absolute Gasteiger partial charge is 0.480 e. The molecule has 0 fully saturated rings. The van der Waals surface area contributed by atoms with Crippen molar-refractivity contribution in [1.29, 1.82) is 0 Å². The number of thioether (sulfide) groups is 1. The third-order valence-corrected chi connectivity index (χ3v) is 8.12. The SMILES string of the molecule is CC[C@H](C)[C@H](N)C(=O)N[C@H](C(=O)N(N[C@H]([C]=O)CSCc1ccccc1)[C@@H](CC(N)=O)C(=O)O)[C@@H](C)OCc1ccccc1. The average molecular weight is 629 g/mol. The molecule has 0 saturated heterocycles. The van der Waals surface area contributed by atoms with E-state index in [0.717, 1.165) is 11.1 Å². The first-order valence-electron chi connectivity index (χ1n) is 14.3. The number of ether oxygens (including phenoxy) is 1. The van der Waals surface area contributed by atoms with Crippen LogP contribution in [0.15, 0.2) is 60.7 Å². The van der Waals surface area contributed by atoms with E-state index in [1.165, 1.54) is 11.8 Å². The number of aliphatic carboxylic acids is 1. The summed E-state index contributed by atoms with van der Waals surface area (Å²) in [5, 5.41) is 13.3. The van der Waals surface area contributed by atoms with Crippen molar-refractivity contribution in [2.45, 2.75) is 76.2 Å². The Bertz CT molecular complexity index is 1220. The van der Waals surface area contributed by atoms with Crippen molar-refractivity contribution >= 4 is 41.7 Å². The maximum absolute atomic E-state index is 14.1. The fourth-order valence-electron chi connectivity index (χ4n) is 4.11. The van der Waals surface area contributed by atoms with Gasteiger partial charge in [0.05, 0.1) is 25.2 Å². The highest BCUT2D eigenvalue weighted by Gasteiger charge is 2.40. The monoisotopic (exact) mass is 628 g/mol. The van der Waals surface area contributed by atoms with Gasteiger partial charge in [-0.25, -0.2) is 10.2 Å². The molecule has 0 aliphatic heterocycles. The van der Waals surface area contributed by atoms with Gasteiger partial charge in [-0.15, -0.1) is 0 Å². The topological polar surface area (TPSA) is 194 Å². The second kappa shape index (κ2) is 18.8. The van der Waals surface area contributed by atoms with E-state index in [-0.39, 0.29) is 18.3 Å². The Labute approximate surface area is 262 Å². The number of hydrogen-bond donors (Lipinski definition) is 5. The molecule has 0 unspecified atom stereocenters. The number of hydrogen-bond acceptors (Lipinski definition) is 9. The standard InChI is InChI=1S/C31H42N5O7S/c1-4-20(2)27(33)29(39)34-28(21(3)43-17-22-11-7-5-8-12-22)30(40)36(25(31(41)42)15-26(32)38)35-24(16-37)19-44-18-23-13-9-6-10-14-23/h5-14,20-21,24-25,27-28,35H,4,15,17-19,33H2,1-3H3,(H2,32,38)(H,34,39)(H,41,42)/t20-,21+,24+,25-,27-,28-/m0/s1. The summed E-state index contributed by atoms with van der Waals surface area (Å²) in [6.07, 6.45) is 0.637. The van der Waals surface area contributed by atoms with Crippen LogP contribution in [0.2, 0.25) is 0 Å². The second-order valence-corrected chi connectivity index (χ2v) is 11.5. The lowest BCUT2D eigenvalue weighted by atomic mass is 9.98. The lowest BCUT2D eigenvalue weighted by molar-refractivity contribution is -0.158. The first kappa shape index (κ1) is 36.4. The van der Waals surface area contributed by atoms with Crippen LogP contribution in [0, 0.1) is 5.92 Å². The van der Waals surface area contributed by atoms with Crippen LogP contribution in [0.3, 0.4) is 0 Å². The zero-order valence-electron chi connectivity index (χ0n) is 25.2. The van der Waals surface area contributed by atoms with Crippen molar-refractivity contribution < 1.29 is 33.8 Å². The molecular weight excluding hydrogens is 586 g/mol. The molecule has 0 aliphatic rings. The summed E-state index contributed by atoms with van der Waals surface area (Å²) in [4.78, 5) is 63.5. The van der Waals surface area contributed by atoms with Gasteiger partial charge in [0.15, 0.2) is 6.04 Å². The second-order valence-electron chi connectivity index (χ2n) is 10.4. The fraction of sp³-hybridized carbons (Fsp3) is 0.452. The molecule has 2 aromatic rings. The molecule has 0 heterocycles. The zero-order chi connectivity index (χ0) is 32.6. The molecule has 3 amide bonds. The van der Waals surface area contributed by atoms with Crippen LogP contribution in [-0.2, 0) is 41.1 Å². The number of carbonyl (C=O) groups excluding carboxylic acids is 4. The van der Waals surface area contributed by atoms with E-state index in [4.69, 9.17) is 16.2 Å². The van der Waals surface area contributed by atoms with Crippen molar-refractivity contribution in [2.75, 3.05) is 5.75 Å². The quantitative estimate of drug-likeness (QED) is 0.134. The minimum Gasteiger partial charge on any atom is -0.480 e. The van der Waals surface area contributed by atoms with Gasteiger partial charge in [0.1, 0.15) is 12.1 Å². The molecule has 6 atom stereocenters. The minimum atomic E-state index is -1.81. The number of nitrogens with zero attached hydrogens (tertiary/aromatic N) is 1. The predicted octanol–water partition coefficient (Wildman–Crippen LogP) is 1.52. The summed E-state index contributed by atoms with van der Waals surface area (Å²) in [5.74, 6) is -3.72. The van der Waals surface area contributed by atoms with E-state index >= 15 is 0 Å². The minimum absolute atomic E-state index is 0.0804. The molecule has 0 aromatic heterocycles. The third kappa shape index (κ3) is 11.7. The summed E-state index contributed by atoms with van der Waals surface area (Å²) in [6.45, 7) is 5.28. The number of hydrazine groups is 1. The summed E-state index contributed by atoms with van der Waals surface area (Å²) in [5.41, 5.74) is 15.9. The van der Waals surface area contributed by atoms with Crippen LogP contribution in [0.5, 0.6) is 0 Å². The maximum Gasteiger partial charge on any atom is 0.328 e. The Balaban J connectivity index is 2.39. The van der Waals surface area contributed by atoms with Gasteiger partial charge in [-0.3, -0.25) is 24.2 Å². The summed E-state index contributed by atoms with van der Waals surface area (Å²) >= 11 is 1.35. The van der Waals surface area contributed by atoms with Gasteiger partial charge >= 0.3 is 5.97 Å². The molecule has 44 heavy (non-hydrogen) atoms.